The van der Waals surface area contributed by atoms with Crippen molar-refractivity contribution < 1.29 is 0 Å². The second kappa shape index (κ2) is 9.17. The SMILES string of the molecule is CN(C)c1cc2c3c(c1)C(c1ccccc1)(c1ccccc1)c1ccccc1N3c1cccc3c1B2Sc1ccccc1-3. The van der Waals surface area contributed by atoms with Crippen molar-refractivity contribution in [2.75, 3.05) is 23.9 Å². The first-order valence-electron chi connectivity index (χ1n) is 14.9. The van der Waals surface area contributed by atoms with E-state index < -0.39 is 5.41 Å². The molecule has 0 fully saturated rings. The summed E-state index contributed by atoms with van der Waals surface area (Å²) >= 11 is 2.00. The maximum atomic E-state index is 2.58. The minimum absolute atomic E-state index is 0.195. The Morgan fingerprint density at radius 1 is 0.605 bits per heavy atom. The maximum absolute atomic E-state index is 2.58. The topological polar surface area (TPSA) is 6.48 Å². The van der Waals surface area contributed by atoms with Crippen molar-refractivity contribution >= 4 is 51.3 Å². The first-order chi connectivity index (χ1) is 21.2. The van der Waals surface area contributed by atoms with E-state index in [9.17, 15) is 0 Å². The first-order valence-corrected chi connectivity index (χ1v) is 15.8. The minimum Gasteiger partial charge on any atom is -0.378 e. The molecule has 2 nitrogen and oxygen atoms in total. The Bertz CT molecular complexity index is 2010. The summed E-state index contributed by atoms with van der Waals surface area (Å²) in [6, 6.07) is 52.1. The summed E-state index contributed by atoms with van der Waals surface area (Å²) in [5.41, 5.74) is 15.3. The van der Waals surface area contributed by atoms with Gasteiger partial charge >= 0.3 is 0 Å². The van der Waals surface area contributed by atoms with E-state index in [0.29, 0.717) is 0 Å². The smallest absolute Gasteiger partial charge is 0.285 e. The molecule has 43 heavy (non-hydrogen) atoms. The summed E-state index contributed by atoms with van der Waals surface area (Å²) in [4.78, 5) is 6.20. The van der Waals surface area contributed by atoms with Crippen LogP contribution >= 0.6 is 11.6 Å². The summed E-state index contributed by atoms with van der Waals surface area (Å²) in [6.45, 7) is 0. The molecule has 0 radical (unpaired) electrons. The number of para-hydroxylation sites is 1. The summed E-state index contributed by atoms with van der Waals surface area (Å²) < 4.78 is 0. The van der Waals surface area contributed by atoms with Crippen LogP contribution < -0.4 is 20.7 Å². The highest BCUT2D eigenvalue weighted by Gasteiger charge is 2.51. The fourth-order valence-electron chi connectivity index (χ4n) is 7.76. The zero-order chi connectivity index (χ0) is 28.7. The molecule has 9 rings (SSSR count). The molecule has 3 aliphatic rings. The lowest BCUT2D eigenvalue weighted by Gasteiger charge is -2.50. The maximum Gasteiger partial charge on any atom is 0.285 e. The molecule has 0 atom stereocenters. The average molecular weight is 569 g/mol. The van der Waals surface area contributed by atoms with Crippen molar-refractivity contribution in [3.63, 3.8) is 0 Å². The lowest BCUT2D eigenvalue weighted by Crippen LogP contribution is -2.53. The monoisotopic (exact) mass is 568 g/mol. The molecule has 6 aromatic carbocycles. The van der Waals surface area contributed by atoms with E-state index in [4.69, 9.17) is 0 Å². The van der Waals surface area contributed by atoms with E-state index in [2.05, 4.69) is 163 Å². The number of fused-ring (bicyclic) bond motifs is 6. The number of nitrogens with zero attached hydrogens (tertiary/aromatic N) is 2. The predicted octanol–water partition coefficient (Wildman–Crippen LogP) is 8.11. The highest BCUT2D eigenvalue weighted by Crippen LogP contribution is 2.59. The van der Waals surface area contributed by atoms with Gasteiger partial charge in [0.25, 0.3) is 5.99 Å². The van der Waals surface area contributed by atoms with Crippen LogP contribution in [0.3, 0.4) is 0 Å². The van der Waals surface area contributed by atoms with Gasteiger partial charge in [0.2, 0.25) is 0 Å². The zero-order valence-corrected chi connectivity index (χ0v) is 25.0. The van der Waals surface area contributed by atoms with Gasteiger partial charge in [-0.25, -0.2) is 0 Å². The Balaban J connectivity index is 1.48. The van der Waals surface area contributed by atoms with Gasteiger partial charge in [-0.2, -0.15) is 11.6 Å². The largest absolute Gasteiger partial charge is 0.378 e. The van der Waals surface area contributed by atoms with Crippen molar-refractivity contribution in [1.82, 2.24) is 0 Å². The molecular formula is C39H29BN2S. The molecule has 4 heteroatoms. The third-order valence-corrected chi connectivity index (χ3v) is 10.9. The first kappa shape index (κ1) is 24.9. The second-order valence-electron chi connectivity index (χ2n) is 11.9. The molecule has 0 unspecified atom stereocenters. The van der Waals surface area contributed by atoms with Gasteiger partial charge in [-0.05, 0) is 74.6 Å². The van der Waals surface area contributed by atoms with Crippen molar-refractivity contribution in [3.8, 4) is 11.1 Å². The highest BCUT2D eigenvalue weighted by molar-refractivity contribution is 8.28. The van der Waals surface area contributed by atoms with Crippen LogP contribution in [0.4, 0.5) is 22.7 Å². The fourth-order valence-corrected chi connectivity index (χ4v) is 9.14. The van der Waals surface area contributed by atoms with Gasteiger partial charge in [0, 0.05) is 36.1 Å². The molecule has 204 valence electrons. The van der Waals surface area contributed by atoms with Gasteiger partial charge in [0.15, 0.2) is 0 Å². The van der Waals surface area contributed by atoms with Crippen molar-refractivity contribution in [2.45, 2.75) is 10.3 Å². The van der Waals surface area contributed by atoms with Crippen LogP contribution in [-0.2, 0) is 5.41 Å². The Labute approximate surface area is 257 Å². The summed E-state index contributed by atoms with van der Waals surface area (Å²) in [6.07, 6.45) is 0. The molecule has 0 saturated carbocycles. The van der Waals surface area contributed by atoms with Crippen LogP contribution in [0, 0.1) is 0 Å². The van der Waals surface area contributed by atoms with Gasteiger partial charge in [-0.3, -0.25) is 0 Å². The van der Waals surface area contributed by atoms with Crippen LogP contribution in [0.15, 0.2) is 144 Å². The summed E-state index contributed by atoms with van der Waals surface area (Å²) in [7, 11) is 4.34. The number of hydrogen-bond donors (Lipinski definition) is 0. The minimum atomic E-state index is -0.488. The standard InChI is InChI=1S/C39H29BN2S/c1-41(2)28-24-32-38-33(25-28)40-37-30(29-18-9-12-23-36(29)43-40)19-13-22-35(37)42(38)34-21-11-10-20-31(34)39(32,26-14-5-3-6-15-26)27-16-7-4-8-17-27/h3-25H,1-2H3. The molecule has 0 spiro atoms. The quantitative estimate of drug-likeness (QED) is 0.199. The fraction of sp³-hybridized carbons (Fsp3) is 0.0769. The van der Waals surface area contributed by atoms with Crippen molar-refractivity contribution in [3.05, 3.63) is 162 Å². The average Bonchev–Trinajstić information content (AvgIpc) is 3.07. The second-order valence-corrected chi connectivity index (χ2v) is 13.0. The van der Waals surface area contributed by atoms with Gasteiger partial charge in [-0.15, -0.1) is 0 Å². The van der Waals surface area contributed by atoms with E-state index in [0.717, 1.165) is 0 Å². The molecule has 0 amide bonds. The molecule has 0 aliphatic carbocycles. The van der Waals surface area contributed by atoms with Gasteiger partial charge in [0.05, 0.1) is 11.1 Å². The lowest BCUT2D eigenvalue weighted by molar-refractivity contribution is 0.732. The molecular weight excluding hydrogens is 539 g/mol. The molecule has 3 aliphatic heterocycles. The van der Waals surface area contributed by atoms with Crippen LogP contribution in [0.25, 0.3) is 11.1 Å². The van der Waals surface area contributed by atoms with E-state index in [1.807, 2.05) is 11.6 Å². The van der Waals surface area contributed by atoms with Crippen LogP contribution in [0.2, 0.25) is 0 Å². The predicted molar refractivity (Wildman–Crippen MR) is 184 cm³/mol. The van der Waals surface area contributed by atoms with E-state index in [1.165, 1.54) is 72.0 Å². The van der Waals surface area contributed by atoms with Gasteiger partial charge in [0.1, 0.15) is 0 Å². The molecule has 0 bridgehead atoms. The summed E-state index contributed by atoms with van der Waals surface area (Å²) in [5.74, 6) is 0.195. The molecule has 3 heterocycles. The Hall–Kier alpha value is -4.67. The van der Waals surface area contributed by atoms with E-state index in [1.54, 1.807) is 0 Å². The van der Waals surface area contributed by atoms with Gasteiger partial charge < -0.3 is 9.80 Å². The number of benzene rings is 6. The Kier molecular flexibility index (Phi) is 5.30. The third kappa shape index (κ3) is 3.27. The van der Waals surface area contributed by atoms with Crippen molar-refractivity contribution in [1.29, 1.82) is 0 Å². The molecule has 0 N–H and O–H groups in total. The van der Waals surface area contributed by atoms with E-state index >= 15 is 0 Å². The van der Waals surface area contributed by atoms with Crippen molar-refractivity contribution in [2.24, 2.45) is 0 Å². The van der Waals surface area contributed by atoms with Gasteiger partial charge in [-0.1, -0.05) is 109 Å². The van der Waals surface area contributed by atoms with E-state index in [-0.39, 0.29) is 5.99 Å². The molecule has 6 aromatic rings. The third-order valence-electron chi connectivity index (χ3n) is 9.52. The number of rotatable bonds is 3. The van der Waals surface area contributed by atoms with Crippen LogP contribution in [0.5, 0.6) is 0 Å². The Morgan fingerprint density at radius 2 is 1.23 bits per heavy atom. The number of hydrogen-bond acceptors (Lipinski definition) is 3. The normalized spacial score (nSPS) is 14.7. The zero-order valence-electron chi connectivity index (χ0n) is 24.2. The molecule has 0 aromatic heterocycles. The Morgan fingerprint density at radius 3 is 1.98 bits per heavy atom. The molecule has 0 saturated heterocycles. The number of anilines is 4. The lowest BCUT2D eigenvalue weighted by atomic mass is 9.52. The highest BCUT2D eigenvalue weighted by atomic mass is 32.2. The van der Waals surface area contributed by atoms with Crippen LogP contribution in [0.1, 0.15) is 22.3 Å². The van der Waals surface area contributed by atoms with Crippen LogP contribution in [-0.4, -0.2) is 20.1 Å². The summed E-state index contributed by atoms with van der Waals surface area (Å²) in [5, 5.41) is 0.